The van der Waals surface area contributed by atoms with Gasteiger partial charge < -0.3 is 13.9 Å². The molecule has 1 saturated heterocycles. The number of ether oxygens (including phenoxy) is 2. The molecular formula is C24H26O3. The van der Waals surface area contributed by atoms with E-state index in [2.05, 4.69) is 43.0 Å². The molecule has 1 aromatic heterocycles. The van der Waals surface area contributed by atoms with Crippen molar-refractivity contribution < 1.29 is 13.9 Å². The number of aryl methyl sites for hydroxylation is 1. The first-order valence-electron chi connectivity index (χ1n) is 10.1. The van der Waals surface area contributed by atoms with Crippen LogP contribution >= 0.6 is 0 Å². The molecule has 3 aliphatic rings. The highest BCUT2D eigenvalue weighted by atomic mass is 16.7. The summed E-state index contributed by atoms with van der Waals surface area (Å²) >= 11 is 0. The molecule has 1 aliphatic heterocycles. The minimum absolute atomic E-state index is 0.135. The Kier molecular flexibility index (Phi) is 4.34. The Labute approximate surface area is 161 Å². The van der Waals surface area contributed by atoms with Crippen LogP contribution in [0.15, 0.2) is 34.9 Å². The average Bonchev–Trinajstić information content (AvgIpc) is 3.60. The maximum Gasteiger partial charge on any atom is 0.161 e. The van der Waals surface area contributed by atoms with Crippen LogP contribution in [0, 0.1) is 30.1 Å². The SMILES string of the molecule is Cc1ccc(C#CC2CC2)cc1Cc1cc(CC2OCC3(CC3)CO2)co1. The smallest absolute Gasteiger partial charge is 0.161 e. The van der Waals surface area contributed by atoms with E-state index in [0.29, 0.717) is 11.3 Å². The van der Waals surface area contributed by atoms with E-state index in [1.54, 1.807) is 0 Å². The van der Waals surface area contributed by atoms with E-state index in [-0.39, 0.29) is 6.29 Å². The Morgan fingerprint density at radius 2 is 1.93 bits per heavy atom. The summed E-state index contributed by atoms with van der Waals surface area (Å²) in [5, 5.41) is 0. The zero-order valence-electron chi connectivity index (χ0n) is 15.9. The van der Waals surface area contributed by atoms with E-state index >= 15 is 0 Å². The molecule has 2 heterocycles. The van der Waals surface area contributed by atoms with Crippen molar-refractivity contribution in [2.45, 2.75) is 51.7 Å². The third-order valence-corrected chi connectivity index (χ3v) is 5.93. The summed E-state index contributed by atoms with van der Waals surface area (Å²) in [6.45, 7) is 3.83. The molecule has 3 fully saturated rings. The molecule has 0 N–H and O–H groups in total. The van der Waals surface area contributed by atoms with Crippen LogP contribution in [0.1, 0.15) is 53.7 Å². The Hall–Kier alpha value is -2.02. The molecule has 1 spiro atoms. The normalized spacial score (nSPS) is 21.1. The third-order valence-electron chi connectivity index (χ3n) is 5.93. The van der Waals surface area contributed by atoms with Crippen LogP contribution in [0.2, 0.25) is 0 Å². The van der Waals surface area contributed by atoms with E-state index in [4.69, 9.17) is 13.9 Å². The summed E-state index contributed by atoms with van der Waals surface area (Å²) < 4.78 is 17.6. The molecule has 0 atom stereocenters. The average molecular weight is 362 g/mol. The molecular weight excluding hydrogens is 336 g/mol. The van der Waals surface area contributed by atoms with E-state index in [1.165, 1.54) is 36.8 Å². The van der Waals surface area contributed by atoms with Gasteiger partial charge in [0.1, 0.15) is 5.76 Å². The Morgan fingerprint density at radius 3 is 2.67 bits per heavy atom. The van der Waals surface area contributed by atoms with Crippen molar-refractivity contribution in [2.24, 2.45) is 11.3 Å². The zero-order chi connectivity index (χ0) is 18.3. The number of benzene rings is 1. The second-order valence-electron chi connectivity index (χ2n) is 8.54. The first-order valence-corrected chi connectivity index (χ1v) is 10.1. The van der Waals surface area contributed by atoms with Gasteiger partial charge in [0.2, 0.25) is 0 Å². The lowest BCUT2D eigenvalue weighted by Crippen LogP contribution is -2.34. The quantitative estimate of drug-likeness (QED) is 0.743. The van der Waals surface area contributed by atoms with E-state index < -0.39 is 0 Å². The molecule has 2 saturated carbocycles. The summed E-state index contributed by atoms with van der Waals surface area (Å²) in [7, 11) is 0. The van der Waals surface area contributed by atoms with Crippen molar-refractivity contribution in [3.05, 3.63) is 58.5 Å². The minimum Gasteiger partial charge on any atom is -0.469 e. The summed E-state index contributed by atoms with van der Waals surface area (Å²) in [6.07, 6.45) is 8.27. The van der Waals surface area contributed by atoms with Crippen molar-refractivity contribution in [3.8, 4) is 11.8 Å². The fourth-order valence-electron chi connectivity index (χ4n) is 3.57. The largest absolute Gasteiger partial charge is 0.469 e. The highest BCUT2D eigenvalue weighted by molar-refractivity contribution is 5.42. The topological polar surface area (TPSA) is 31.6 Å². The van der Waals surface area contributed by atoms with Crippen molar-refractivity contribution in [2.75, 3.05) is 13.2 Å². The fraction of sp³-hybridized carbons (Fsp3) is 0.500. The van der Waals surface area contributed by atoms with Crippen LogP contribution in [-0.4, -0.2) is 19.5 Å². The van der Waals surface area contributed by atoms with E-state index in [1.807, 2.05) is 6.26 Å². The van der Waals surface area contributed by atoms with E-state index in [0.717, 1.165) is 42.9 Å². The third kappa shape index (κ3) is 4.13. The molecule has 0 bridgehead atoms. The van der Waals surface area contributed by atoms with Gasteiger partial charge in [0.05, 0.1) is 19.5 Å². The van der Waals surface area contributed by atoms with Gasteiger partial charge in [0.25, 0.3) is 0 Å². The van der Waals surface area contributed by atoms with Gasteiger partial charge >= 0.3 is 0 Å². The second kappa shape index (κ2) is 6.86. The van der Waals surface area contributed by atoms with Crippen LogP contribution in [-0.2, 0) is 22.3 Å². The molecule has 2 aromatic rings. The van der Waals surface area contributed by atoms with Crippen LogP contribution < -0.4 is 0 Å². The molecule has 5 rings (SSSR count). The molecule has 0 amide bonds. The summed E-state index contributed by atoms with van der Waals surface area (Å²) in [4.78, 5) is 0. The minimum atomic E-state index is -0.135. The number of furan rings is 1. The predicted molar refractivity (Wildman–Crippen MR) is 103 cm³/mol. The van der Waals surface area contributed by atoms with E-state index in [9.17, 15) is 0 Å². The fourth-order valence-corrected chi connectivity index (χ4v) is 3.57. The van der Waals surface area contributed by atoms with Gasteiger partial charge in [-0.2, -0.15) is 0 Å². The van der Waals surface area contributed by atoms with Crippen LogP contribution in [0.4, 0.5) is 0 Å². The monoisotopic (exact) mass is 362 g/mol. The number of hydrogen-bond acceptors (Lipinski definition) is 3. The molecule has 2 aliphatic carbocycles. The lowest BCUT2D eigenvalue weighted by atomic mass is 10.0. The number of hydrogen-bond donors (Lipinski definition) is 0. The van der Waals surface area contributed by atoms with Gasteiger partial charge in [-0.25, -0.2) is 0 Å². The highest BCUT2D eigenvalue weighted by Crippen LogP contribution is 2.48. The standard InChI is InChI=1S/C24H26O3/c1-17-2-3-19(7-6-18-4-5-18)10-21(17)13-22-11-20(14-25-22)12-23-26-15-24(8-9-24)16-27-23/h2-3,10-11,14,18,23H,4-5,8-9,12-13,15-16H2,1H3. The van der Waals surface area contributed by atoms with Crippen molar-refractivity contribution in [3.63, 3.8) is 0 Å². The van der Waals surface area contributed by atoms with Crippen molar-refractivity contribution >= 4 is 0 Å². The molecule has 3 nitrogen and oxygen atoms in total. The van der Waals surface area contributed by atoms with Crippen LogP contribution in [0.3, 0.4) is 0 Å². The maximum absolute atomic E-state index is 5.89. The second-order valence-corrected chi connectivity index (χ2v) is 8.54. The molecule has 27 heavy (non-hydrogen) atoms. The maximum atomic E-state index is 5.89. The highest BCUT2D eigenvalue weighted by Gasteiger charge is 2.46. The first-order chi connectivity index (χ1) is 13.2. The lowest BCUT2D eigenvalue weighted by Gasteiger charge is -2.29. The molecule has 0 radical (unpaired) electrons. The molecule has 0 unspecified atom stereocenters. The summed E-state index contributed by atoms with van der Waals surface area (Å²) in [6, 6.07) is 8.62. The summed E-state index contributed by atoms with van der Waals surface area (Å²) in [5.74, 6) is 8.27. The Bertz CT molecular complexity index is 880. The summed E-state index contributed by atoms with van der Waals surface area (Å²) in [5.41, 5.74) is 5.15. The predicted octanol–water partition coefficient (Wildman–Crippen LogP) is 4.64. The molecule has 3 heteroatoms. The first kappa shape index (κ1) is 17.1. The van der Waals surface area contributed by atoms with Gasteiger partial charge in [-0.15, -0.1) is 0 Å². The van der Waals surface area contributed by atoms with Crippen LogP contribution in [0.25, 0.3) is 0 Å². The lowest BCUT2D eigenvalue weighted by molar-refractivity contribution is -0.206. The van der Waals surface area contributed by atoms with Crippen LogP contribution in [0.5, 0.6) is 0 Å². The van der Waals surface area contributed by atoms with Gasteiger partial charge in [-0.1, -0.05) is 17.9 Å². The molecule has 1 aromatic carbocycles. The van der Waals surface area contributed by atoms with Gasteiger partial charge in [0.15, 0.2) is 6.29 Å². The van der Waals surface area contributed by atoms with Gasteiger partial charge in [-0.3, -0.25) is 0 Å². The van der Waals surface area contributed by atoms with Gasteiger partial charge in [0, 0.05) is 29.7 Å². The van der Waals surface area contributed by atoms with Crippen molar-refractivity contribution in [1.29, 1.82) is 0 Å². The Morgan fingerprint density at radius 1 is 1.11 bits per heavy atom. The Balaban J connectivity index is 1.22. The van der Waals surface area contributed by atoms with Gasteiger partial charge in [-0.05, 0) is 67.5 Å². The van der Waals surface area contributed by atoms with Crippen molar-refractivity contribution in [1.82, 2.24) is 0 Å². The molecule has 140 valence electrons. The number of rotatable bonds is 4. The zero-order valence-corrected chi connectivity index (χ0v) is 15.9.